The second-order valence-corrected chi connectivity index (χ2v) is 7.59. The number of pyridine rings is 1. The van der Waals surface area contributed by atoms with Crippen molar-refractivity contribution in [1.82, 2.24) is 14.9 Å². The van der Waals surface area contributed by atoms with Gasteiger partial charge in [-0.1, -0.05) is 6.07 Å². The fourth-order valence-corrected chi connectivity index (χ4v) is 3.11. The van der Waals surface area contributed by atoms with E-state index in [1.54, 1.807) is 16.2 Å². The van der Waals surface area contributed by atoms with Crippen molar-refractivity contribution in [2.24, 2.45) is 0 Å². The fraction of sp³-hybridized carbons (Fsp3) is 0.471. The zero-order chi connectivity index (χ0) is 17.2. The van der Waals surface area contributed by atoms with Gasteiger partial charge in [0.1, 0.15) is 11.4 Å². The average molecular weight is 346 g/mol. The van der Waals surface area contributed by atoms with Gasteiger partial charge in [-0.05, 0) is 32.9 Å². The summed E-state index contributed by atoms with van der Waals surface area (Å²) in [7, 11) is 0. The molecule has 0 unspecified atom stereocenters. The number of ether oxygens (including phenoxy) is 1. The average Bonchev–Trinajstić information content (AvgIpc) is 3.08. The van der Waals surface area contributed by atoms with Crippen LogP contribution >= 0.6 is 11.3 Å². The summed E-state index contributed by atoms with van der Waals surface area (Å²) in [5, 5.41) is 0. The molecule has 3 rings (SSSR count). The van der Waals surface area contributed by atoms with Crippen molar-refractivity contribution in [2.45, 2.75) is 26.4 Å². The largest absolute Gasteiger partial charge is 0.444 e. The Balaban J connectivity index is 1.63. The molecule has 1 aliphatic rings. The van der Waals surface area contributed by atoms with Crippen LogP contribution in [-0.2, 0) is 4.74 Å². The number of piperazine rings is 1. The summed E-state index contributed by atoms with van der Waals surface area (Å²) in [6.07, 6.45) is 1.59. The quantitative estimate of drug-likeness (QED) is 0.835. The maximum Gasteiger partial charge on any atom is 0.410 e. The number of thiazole rings is 1. The molecule has 6 nitrogen and oxygen atoms in total. The van der Waals surface area contributed by atoms with Gasteiger partial charge in [-0.25, -0.2) is 9.78 Å². The van der Waals surface area contributed by atoms with Crippen molar-refractivity contribution >= 4 is 23.2 Å². The number of aromatic nitrogens is 2. The zero-order valence-electron chi connectivity index (χ0n) is 14.2. The molecule has 1 aliphatic heterocycles. The van der Waals surface area contributed by atoms with Gasteiger partial charge in [-0.2, -0.15) is 0 Å². The van der Waals surface area contributed by atoms with E-state index in [4.69, 9.17) is 9.72 Å². The maximum atomic E-state index is 12.1. The molecule has 0 bridgehead atoms. The lowest BCUT2D eigenvalue weighted by molar-refractivity contribution is 0.0240. The number of carbonyl (C=O) groups is 1. The normalized spacial score (nSPS) is 15.5. The van der Waals surface area contributed by atoms with Crippen LogP contribution in [0.5, 0.6) is 0 Å². The Hall–Kier alpha value is -2.15. The topological polar surface area (TPSA) is 58.6 Å². The molecule has 7 heteroatoms. The van der Waals surface area contributed by atoms with Gasteiger partial charge >= 0.3 is 6.09 Å². The standard InChI is InChI=1S/C17H22N4O2S/c1-17(2,3)23-16(22)21-9-7-20(8-10-21)15-6-4-5-13(19-15)14-11-18-12-24-14/h4-6,11-12H,7-10H2,1-3H3. The number of amides is 1. The highest BCUT2D eigenvalue weighted by Crippen LogP contribution is 2.24. The van der Waals surface area contributed by atoms with Gasteiger partial charge in [0, 0.05) is 32.4 Å². The summed E-state index contributed by atoms with van der Waals surface area (Å²) in [6, 6.07) is 6.01. The molecule has 1 fully saturated rings. The molecule has 0 aromatic carbocycles. The van der Waals surface area contributed by atoms with Gasteiger partial charge in [-0.15, -0.1) is 11.3 Å². The summed E-state index contributed by atoms with van der Waals surface area (Å²) >= 11 is 1.58. The molecule has 0 saturated carbocycles. The Morgan fingerprint density at radius 2 is 1.96 bits per heavy atom. The molecular weight excluding hydrogens is 324 g/mol. The highest BCUT2D eigenvalue weighted by atomic mass is 32.1. The third kappa shape index (κ3) is 4.03. The van der Waals surface area contributed by atoms with E-state index in [-0.39, 0.29) is 6.09 Å². The molecule has 0 radical (unpaired) electrons. The van der Waals surface area contributed by atoms with Crippen LogP contribution in [0.15, 0.2) is 29.9 Å². The first-order valence-electron chi connectivity index (χ1n) is 8.01. The molecule has 128 valence electrons. The van der Waals surface area contributed by atoms with Crippen molar-refractivity contribution in [2.75, 3.05) is 31.1 Å². The molecule has 24 heavy (non-hydrogen) atoms. The number of hydrogen-bond donors (Lipinski definition) is 0. The van der Waals surface area contributed by atoms with Crippen LogP contribution in [-0.4, -0.2) is 52.7 Å². The summed E-state index contributed by atoms with van der Waals surface area (Å²) in [6.45, 7) is 8.43. The smallest absolute Gasteiger partial charge is 0.410 e. The van der Waals surface area contributed by atoms with Gasteiger partial charge < -0.3 is 14.5 Å². The Bertz CT molecular complexity index is 689. The minimum absolute atomic E-state index is 0.242. The predicted octanol–water partition coefficient (Wildman–Crippen LogP) is 3.26. The lowest BCUT2D eigenvalue weighted by Gasteiger charge is -2.36. The molecule has 0 atom stereocenters. The lowest BCUT2D eigenvalue weighted by atomic mass is 10.2. The third-order valence-electron chi connectivity index (χ3n) is 3.67. The third-order valence-corrected chi connectivity index (χ3v) is 4.47. The first kappa shape index (κ1) is 16.7. The van der Waals surface area contributed by atoms with Crippen molar-refractivity contribution in [3.8, 4) is 10.6 Å². The van der Waals surface area contributed by atoms with E-state index in [1.165, 1.54) is 0 Å². The van der Waals surface area contributed by atoms with Gasteiger partial charge in [0.05, 0.1) is 16.1 Å². The van der Waals surface area contributed by atoms with E-state index in [2.05, 4.69) is 9.88 Å². The van der Waals surface area contributed by atoms with Gasteiger partial charge in [-0.3, -0.25) is 4.98 Å². The monoisotopic (exact) mass is 346 g/mol. The predicted molar refractivity (Wildman–Crippen MR) is 95.4 cm³/mol. The second kappa shape index (κ2) is 6.76. The van der Waals surface area contributed by atoms with E-state index in [0.29, 0.717) is 13.1 Å². The first-order chi connectivity index (χ1) is 11.4. The van der Waals surface area contributed by atoms with Crippen LogP contribution in [0.4, 0.5) is 10.6 Å². The first-order valence-corrected chi connectivity index (χ1v) is 8.89. The van der Waals surface area contributed by atoms with Crippen molar-refractivity contribution in [3.05, 3.63) is 29.9 Å². The van der Waals surface area contributed by atoms with Gasteiger partial charge in [0.25, 0.3) is 0 Å². The van der Waals surface area contributed by atoms with Crippen molar-refractivity contribution in [3.63, 3.8) is 0 Å². The summed E-state index contributed by atoms with van der Waals surface area (Å²) in [4.78, 5) is 26.0. The number of rotatable bonds is 2. The number of nitrogens with zero attached hydrogens (tertiary/aromatic N) is 4. The minimum atomic E-state index is -0.459. The molecule has 2 aromatic rings. The van der Waals surface area contributed by atoms with Gasteiger partial charge in [0.15, 0.2) is 0 Å². The fourth-order valence-electron chi connectivity index (χ4n) is 2.52. The molecule has 2 aromatic heterocycles. The van der Waals surface area contributed by atoms with E-state index in [9.17, 15) is 4.79 Å². The minimum Gasteiger partial charge on any atom is -0.444 e. The highest BCUT2D eigenvalue weighted by Gasteiger charge is 2.26. The Labute approximate surface area is 146 Å². The molecule has 1 amide bonds. The van der Waals surface area contributed by atoms with Crippen LogP contribution in [0.25, 0.3) is 10.6 Å². The molecule has 0 aliphatic carbocycles. The Kier molecular flexibility index (Phi) is 4.71. The molecule has 1 saturated heterocycles. The molecule has 0 spiro atoms. The summed E-state index contributed by atoms with van der Waals surface area (Å²) < 4.78 is 5.43. The van der Waals surface area contributed by atoms with E-state index in [1.807, 2.05) is 50.7 Å². The maximum absolute atomic E-state index is 12.1. The van der Waals surface area contributed by atoms with Crippen LogP contribution in [0.1, 0.15) is 20.8 Å². The Morgan fingerprint density at radius 3 is 2.58 bits per heavy atom. The van der Waals surface area contributed by atoms with E-state index < -0.39 is 5.60 Å². The van der Waals surface area contributed by atoms with Crippen LogP contribution < -0.4 is 4.90 Å². The summed E-state index contributed by atoms with van der Waals surface area (Å²) in [5.74, 6) is 0.935. The van der Waals surface area contributed by atoms with Gasteiger partial charge in [0.2, 0.25) is 0 Å². The Morgan fingerprint density at radius 1 is 1.21 bits per heavy atom. The zero-order valence-corrected chi connectivity index (χ0v) is 15.0. The van der Waals surface area contributed by atoms with Crippen LogP contribution in [0, 0.1) is 0 Å². The number of hydrogen-bond acceptors (Lipinski definition) is 6. The van der Waals surface area contributed by atoms with E-state index >= 15 is 0 Å². The summed E-state index contributed by atoms with van der Waals surface area (Å²) in [5.41, 5.74) is 2.28. The second-order valence-electron chi connectivity index (χ2n) is 6.70. The van der Waals surface area contributed by atoms with Crippen molar-refractivity contribution in [1.29, 1.82) is 0 Å². The van der Waals surface area contributed by atoms with Crippen molar-refractivity contribution < 1.29 is 9.53 Å². The number of carbonyl (C=O) groups excluding carboxylic acids is 1. The number of anilines is 1. The molecular formula is C17H22N4O2S. The molecule has 0 N–H and O–H groups in total. The van der Waals surface area contributed by atoms with Crippen LogP contribution in [0.2, 0.25) is 0 Å². The van der Waals surface area contributed by atoms with E-state index in [0.717, 1.165) is 29.5 Å². The SMILES string of the molecule is CC(C)(C)OC(=O)N1CCN(c2cccc(-c3cncs3)n2)CC1. The highest BCUT2D eigenvalue weighted by molar-refractivity contribution is 7.13. The molecule has 3 heterocycles. The lowest BCUT2D eigenvalue weighted by Crippen LogP contribution is -2.50. The van der Waals surface area contributed by atoms with Crippen LogP contribution in [0.3, 0.4) is 0 Å².